The van der Waals surface area contributed by atoms with Crippen molar-refractivity contribution in [3.8, 4) is 0 Å². The molecule has 21 heteroatoms. The summed E-state index contributed by atoms with van der Waals surface area (Å²) < 4.78 is 15.1. The van der Waals surface area contributed by atoms with Gasteiger partial charge in [-0.2, -0.15) is 0 Å². The maximum Gasteiger partial charge on any atom is 0.481 e. The predicted octanol–water partition coefficient (Wildman–Crippen LogP) is 5.46. The molecule has 2 aromatic carbocycles. The Hall–Kier alpha value is -1.25. The maximum absolute atomic E-state index is 13.2. The topological polar surface area (TPSA) is 187 Å². The fourth-order valence-corrected chi connectivity index (χ4v) is 8.76. The molecule has 0 radical (unpaired) electrons. The van der Waals surface area contributed by atoms with Crippen LogP contribution in [0, 0.1) is 11.8 Å². The summed E-state index contributed by atoms with van der Waals surface area (Å²) in [5, 5.41) is 34.9. The van der Waals surface area contributed by atoms with Gasteiger partial charge >= 0.3 is 14.2 Å². The zero-order chi connectivity index (χ0) is 40.8. The second-order valence-electron chi connectivity index (χ2n) is 13.7. The molecular formula is C34H45B2Br4Cl2N5O8. The largest absolute Gasteiger partial charge is 0.481 e. The Morgan fingerprint density at radius 2 is 1.42 bits per heavy atom. The van der Waals surface area contributed by atoms with Gasteiger partial charge in [0.15, 0.2) is 0 Å². The van der Waals surface area contributed by atoms with Gasteiger partial charge in [0, 0.05) is 30.6 Å². The standard InChI is InChI=1S/C34H45B2Br4Cl2N5O8/c1-18(2)9-28(47-30(49)17-45-34(51)24-13-21(38)15-26(40)32(24)42)36-54-8-4-6-43-7-5-22(55-36)10-19(3)11-27(35(52)53)46-29(48)16-44-33(50)23-12-20(37)14-25(39)31(23)41/h12-15,18-19,22,27-28,43,52-53H,4-11,16-17H2,1-3H3,(H,44,50)(H,45,51)(H,46,48)(H,47,49)/t19?,22?,27-,28-/m0/s1. The number of hydrogen-bond acceptors (Lipinski definition) is 9. The summed E-state index contributed by atoms with van der Waals surface area (Å²) in [5.74, 6) is -3.74. The van der Waals surface area contributed by atoms with Crippen LogP contribution in [0.1, 0.15) is 73.6 Å². The minimum absolute atomic E-state index is 0.156. The fraction of sp³-hybridized carbons (Fsp3) is 0.529. The summed E-state index contributed by atoms with van der Waals surface area (Å²) in [6.07, 6.45) is 2.15. The van der Waals surface area contributed by atoms with E-state index in [-0.39, 0.29) is 52.1 Å². The van der Waals surface area contributed by atoms with Gasteiger partial charge in [0.05, 0.1) is 46.1 Å². The minimum atomic E-state index is -1.87. The Bertz CT molecular complexity index is 1650. The van der Waals surface area contributed by atoms with E-state index in [1.165, 1.54) is 6.07 Å². The number of rotatable bonds is 16. The molecule has 4 atom stereocenters. The summed E-state index contributed by atoms with van der Waals surface area (Å²) in [6.45, 7) is 6.99. The van der Waals surface area contributed by atoms with Crippen molar-refractivity contribution in [1.29, 1.82) is 0 Å². The first-order valence-corrected chi connectivity index (χ1v) is 21.7. The number of halogens is 6. The molecule has 1 heterocycles. The monoisotopic (exact) mass is 1060 g/mol. The van der Waals surface area contributed by atoms with Crippen LogP contribution in [0.25, 0.3) is 0 Å². The van der Waals surface area contributed by atoms with Crippen LogP contribution in [0.15, 0.2) is 42.2 Å². The average Bonchev–Trinajstić information content (AvgIpc) is 3.10. The molecule has 0 spiro atoms. The number of benzene rings is 2. The van der Waals surface area contributed by atoms with E-state index in [0.29, 0.717) is 50.3 Å². The van der Waals surface area contributed by atoms with Crippen LogP contribution in [-0.2, 0) is 18.9 Å². The van der Waals surface area contributed by atoms with Crippen molar-refractivity contribution in [3.63, 3.8) is 0 Å². The first-order valence-electron chi connectivity index (χ1n) is 17.7. The third kappa shape index (κ3) is 16.5. The lowest BCUT2D eigenvalue weighted by atomic mass is 9.72. The molecule has 302 valence electrons. The quantitative estimate of drug-likeness (QED) is 0.0847. The Morgan fingerprint density at radius 1 is 0.873 bits per heavy atom. The minimum Gasteiger partial charge on any atom is -0.426 e. The average molecular weight is 1060 g/mol. The smallest absolute Gasteiger partial charge is 0.426 e. The fourth-order valence-electron chi connectivity index (χ4n) is 5.92. The molecule has 13 nitrogen and oxygen atoms in total. The van der Waals surface area contributed by atoms with Crippen molar-refractivity contribution in [2.24, 2.45) is 11.8 Å². The van der Waals surface area contributed by atoms with Gasteiger partial charge in [-0.25, -0.2) is 0 Å². The van der Waals surface area contributed by atoms with Crippen molar-refractivity contribution >= 4 is 125 Å². The number of amides is 4. The third-order valence-corrected chi connectivity index (χ3v) is 11.9. The van der Waals surface area contributed by atoms with E-state index in [9.17, 15) is 29.2 Å². The molecule has 1 saturated heterocycles. The summed E-state index contributed by atoms with van der Waals surface area (Å²) in [4.78, 5) is 51.7. The summed E-state index contributed by atoms with van der Waals surface area (Å²) >= 11 is 25.8. The summed E-state index contributed by atoms with van der Waals surface area (Å²) in [7, 11) is -2.68. The molecule has 3 rings (SSSR count). The number of carbonyl (C=O) groups is 4. The van der Waals surface area contributed by atoms with Gasteiger partial charge in [-0.3, -0.25) is 19.2 Å². The predicted molar refractivity (Wildman–Crippen MR) is 229 cm³/mol. The molecule has 1 aliphatic heterocycles. The van der Waals surface area contributed by atoms with E-state index in [4.69, 9.17) is 32.5 Å². The summed E-state index contributed by atoms with van der Waals surface area (Å²) in [6, 6.07) is 6.49. The second kappa shape index (κ2) is 24.0. The zero-order valence-corrected chi connectivity index (χ0v) is 38.4. The van der Waals surface area contributed by atoms with Crippen LogP contribution in [0.4, 0.5) is 0 Å². The van der Waals surface area contributed by atoms with Gasteiger partial charge in [0.1, 0.15) is 0 Å². The maximum atomic E-state index is 13.2. The van der Waals surface area contributed by atoms with Crippen LogP contribution in [0.3, 0.4) is 0 Å². The van der Waals surface area contributed by atoms with Gasteiger partial charge in [-0.05, 0) is 113 Å². The van der Waals surface area contributed by atoms with Crippen LogP contribution in [-0.4, -0.2) is 98.7 Å². The number of hydrogen-bond donors (Lipinski definition) is 7. The van der Waals surface area contributed by atoms with Crippen LogP contribution in [0.5, 0.6) is 0 Å². The molecule has 0 aromatic heterocycles. The highest BCUT2D eigenvalue weighted by atomic mass is 79.9. The van der Waals surface area contributed by atoms with E-state index in [1.54, 1.807) is 18.2 Å². The van der Waals surface area contributed by atoms with E-state index in [2.05, 4.69) is 90.3 Å². The summed E-state index contributed by atoms with van der Waals surface area (Å²) in [5.41, 5.74) is 0.361. The van der Waals surface area contributed by atoms with Crippen molar-refractivity contribution in [2.45, 2.75) is 70.9 Å². The Balaban J connectivity index is 1.64. The first-order chi connectivity index (χ1) is 25.9. The molecule has 7 N–H and O–H groups in total. The Labute approximate surface area is 366 Å². The van der Waals surface area contributed by atoms with E-state index >= 15 is 0 Å². The highest BCUT2D eigenvalue weighted by Crippen LogP contribution is 2.31. The molecule has 55 heavy (non-hydrogen) atoms. The lowest BCUT2D eigenvalue weighted by molar-refractivity contribution is -0.121. The third-order valence-electron chi connectivity index (χ3n) is 8.47. The van der Waals surface area contributed by atoms with Gasteiger partial charge in [-0.15, -0.1) is 0 Å². The lowest BCUT2D eigenvalue weighted by Crippen LogP contribution is -2.54. The normalized spacial score (nSPS) is 16.8. The van der Waals surface area contributed by atoms with Crippen molar-refractivity contribution in [2.75, 3.05) is 32.8 Å². The number of carbonyl (C=O) groups excluding carboxylic acids is 4. The van der Waals surface area contributed by atoms with Crippen LogP contribution in [0.2, 0.25) is 10.0 Å². The molecule has 2 aromatic rings. The van der Waals surface area contributed by atoms with Crippen molar-refractivity contribution < 1.29 is 38.5 Å². The molecule has 1 fully saturated rings. The van der Waals surface area contributed by atoms with Crippen molar-refractivity contribution in [3.05, 3.63) is 63.3 Å². The highest BCUT2D eigenvalue weighted by molar-refractivity contribution is 9.11. The van der Waals surface area contributed by atoms with E-state index in [0.717, 1.165) is 13.0 Å². The molecular weight excluding hydrogens is 1020 g/mol. The first kappa shape index (κ1) is 48.1. The van der Waals surface area contributed by atoms with Crippen LogP contribution >= 0.6 is 86.9 Å². The molecule has 4 amide bonds. The Morgan fingerprint density at radius 3 is 1.95 bits per heavy atom. The van der Waals surface area contributed by atoms with Gasteiger partial charge < -0.3 is 45.9 Å². The highest BCUT2D eigenvalue weighted by Gasteiger charge is 2.36. The SMILES string of the molecule is CC(C)C[C@H](NC(=O)CNC(=O)c1cc(Br)cc(Br)c1Cl)B1OCCCNCCC(CC(C)C[C@H](NC(=O)CNC(=O)c2cc(Br)cc(Br)c2Cl)B(O)O)O1. The van der Waals surface area contributed by atoms with E-state index < -0.39 is 56.3 Å². The molecule has 1 aliphatic rings. The molecule has 0 saturated carbocycles. The van der Waals surface area contributed by atoms with Crippen LogP contribution < -0.4 is 26.6 Å². The molecule has 0 bridgehead atoms. The lowest BCUT2D eigenvalue weighted by Gasteiger charge is -2.32. The van der Waals surface area contributed by atoms with Gasteiger partial charge in [0.25, 0.3) is 11.8 Å². The zero-order valence-electron chi connectivity index (χ0n) is 30.5. The number of nitrogens with one attached hydrogen (secondary N) is 5. The Kier molecular flexibility index (Phi) is 21.0. The molecule has 2 unspecified atom stereocenters. The van der Waals surface area contributed by atoms with Gasteiger partial charge in [0.2, 0.25) is 11.8 Å². The van der Waals surface area contributed by atoms with E-state index in [1.807, 2.05) is 20.8 Å². The molecule has 0 aliphatic carbocycles. The van der Waals surface area contributed by atoms with Crippen molar-refractivity contribution in [1.82, 2.24) is 26.6 Å². The van der Waals surface area contributed by atoms with Gasteiger partial charge in [-0.1, -0.05) is 75.8 Å². The second-order valence-corrected chi connectivity index (χ2v) is 18.0.